The van der Waals surface area contributed by atoms with Crippen LogP contribution in [0.5, 0.6) is 0 Å². The molecule has 0 saturated carbocycles. The molecule has 0 radical (unpaired) electrons. The molecule has 1 N–H and O–H groups in total. The highest BCUT2D eigenvalue weighted by Crippen LogP contribution is 2.10. The molecule has 0 aliphatic carbocycles. The van der Waals surface area contributed by atoms with Crippen LogP contribution in [0.1, 0.15) is 5.82 Å². The van der Waals surface area contributed by atoms with Crippen molar-refractivity contribution >= 4 is 0 Å². The van der Waals surface area contributed by atoms with Gasteiger partial charge in [-0.05, 0) is 12.1 Å². The Morgan fingerprint density at radius 3 is 2.94 bits per heavy atom. The zero-order valence-electron chi connectivity index (χ0n) is 9.06. The molecule has 6 heteroatoms. The quantitative estimate of drug-likeness (QED) is 0.771. The number of nitrogens with one attached hydrogen (secondary N) is 1. The number of hydrogen-bond acceptors (Lipinski definition) is 3. The number of benzene rings is 1. The van der Waals surface area contributed by atoms with Crippen LogP contribution in [-0.4, -0.2) is 20.9 Å². The van der Waals surface area contributed by atoms with Gasteiger partial charge in [0.15, 0.2) is 0 Å². The van der Waals surface area contributed by atoms with E-state index < -0.39 is 5.82 Å². The highest BCUT2D eigenvalue weighted by molar-refractivity contribution is 5.31. The Hall–Kier alpha value is -1.95. The second kappa shape index (κ2) is 3.81. The van der Waals surface area contributed by atoms with Crippen molar-refractivity contribution in [2.75, 3.05) is 6.54 Å². The summed E-state index contributed by atoms with van der Waals surface area (Å²) >= 11 is 0. The van der Waals surface area contributed by atoms with E-state index in [1.165, 1.54) is 6.07 Å². The van der Waals surface area contributed by atoms with Gasteiger partial charge in [0.25, 0.3) is 0 Å². The third-order valence-electron chi connectivity index (χ3n) is 2.82. The third-order valence-corrected chi connectivity index (χ3v) is 2.82. The molecule has 0 fully saturated rings. The molecule has 2 heterocycles. The van der Waals surface area contributed by atoms with E-state index in [1.54, 1.807) is 22.8 Å². The number of fused-ring (bicyclic) bond motifs is 1. The molecule has 2 aromatic rings. The number of hydrogen-bond donors (Lipinski definition) is 1. The Labute approximate surface area is 96.5 Å². The Kier molecular flexibility index (Phi) is 2.29. The lowest BCUT2D eigenvalue weighted by Gasteiger charge is -2.11. The summed E-state index contributed by atoms with van der Waals surface area (Å²) < 4.78 is 16.3. The van der Waals surface area contributed by atoms with Crippen LogP contribution in [0, 0.1) is 5.82 Å². The van der Waals surface area contributed by atoms with Gasteiger partial charge in [-0.15, -0.1) is 5.10 Å². The number of rotatable bonds is 1. The van der Waals surface area contributed by atoms with Crippen LogP contribution in [0.25, 0.3) is 5.69 Å². The van der Waals surface area contributed by atoms with Gasteiger partial charge in [-0.25, -0.2) is 9.18 Å². The Morgan fingerprint density at radius 2 is 2.18 bits per heavy atom. The van der Waals surface area contributed by atoms with Crippen molar-refractivity contribution in [1.29, 1.82) is 0 Å². The van der Waals surface area contributed by atoms with E-state index in [0.29, 0.717) is 18.9 Å². The van der Waals surface area contributed by atoms with E-state index in [9.17, 15) is 9.18 Å². The van der Waals surface area contributed by atoms with Crippen LogP contribution < -0.4 is 11.0 Å². The van der Waals surface area contributed by atoms with Crippen LogP contribution >= 0.6 is 0 Å². The highest BCUT2D eigenvalue weighted by atomic mass is 19.1. The van der Waals surface area contributed by atoms with Gasteiger partial charge < -0.3 is 5.32 Å². The summed E-state index contributed by atoms with van der Waals surface area (Å²) in [4.78, 5) is 12.0. The fraction of sp³-hybridized carbons (Fsp3) is 0.273. The second-order valence-corrected chi connectivity index (χ2v) is 3.89. The molecule has 88 valence electrons. The van der Waals surface area contributed by atoms with Crippen molar-refractivity contribution < 1.29 is 4.39 Å². The van der Waals surface area contributed by atoms with E-state index >= 15 is 0 Å². The molecular weight excluding hydrogens is 223 g/mol. The van der Waals surface area contributed by atoms with E-state index in [1.807, 2.05) is 0 Å². The van der Waals surface area contributed by atoms with Crippen molar-refractivity contribution in [2.24, 2.45) is 0 Å². The first-order chi connectivity index (χ1) is 8.27. The summed E-state index contributed by atoms with van der Waals surface area (Å²) in [5, 5.41) is 7.26. The van der Waals surface area contributed by atoms with Crippen LogP contribution in [0.4, 0.5) is 4.39 Å². The molecule has 1 aromatic heterocycles. The molecule has 0 unspecified atom stereocenters. The first-order valence-corrected chi connectivity index (χ1v) is 5.42. The Bertz CT molecular complexity index is 616. The minimum Gasteiger partial charge on any atom is -0.308 e. The van der Waals surface area contributed by atoms with E-state index in [4.69, 9.17) is 0 Å². The van der Waals surface area contributed by atoms with E-state index in [2.05, 4.69) is 10.4 Å². The average molecular weight is 234 g/mol. The second-order valence-electron chi connectivity index (χ2n) is 3.89. The van der Waals surface area contributed by atoms with Gasteiger partial charge in [0.2, 0.25) is 0 Å². The molecule has 0 amide bonds. The van der Waals surface area contributed by atoms with Crippen LogP contribution in [0.3, 0.4) is 0 Å². The maximum Gasteiger partial charge on any atom is 0.350 e. The fourth-order valence-electron chi connectivity index (χ4n) is 1.96. The molecule has 1 aliphatic heterocycles. The van der Waals surface area contributed by atoms with Crippen LogP contribution in [0.2, 0.25) is 0 Å². The predicted molar refractivity (Wildman–Crippen MR) is 59.5 cm³/mol. The average Bonchev–Trinajstić information content (AvgIpc) is 2.68. The van der Waals surface area contributed by atoms with Gasteiger partial charge in [0.05, 0.1) is 6.54 Å². The monoisotopic (exact) mass is 234 g/mol. The summed E-state index contributed by atoms with van der Waals surface area (Å²) in [6.45, 7) is 1.84. The standard InChI is InChI=1S/C11H11FN4O/c12-8-3-1-2-4-9(8)16-11(17)15-6-5-13-7-10(15)14-16/h1-4,13H,5-7H2. The van der Waals surface area contributed by atoms with Crippen molar-refractivity contribution in [3.63, 3.8) is 0 Å². The maximum absolute atomic E-state index is 13.6. The van der Waals surface area contributed by atoms with Crippen LogP contribution in [-0.2, 0) is 13.1 Å². The lowest BCUT2D eigenvalue weighted by molar-refractivity contribution is 0.497. The summed E-state index contributed by atoms with van der Waals surface area (Å²) in [6, 6.07) is 6.13. The molecule has 1 aliphatic rings. The largest absolute Gasteiger partial charge is 0.350 e. The summed E-state index contributed by atoms with van der Waals surface area (Å²) in [5.41, 5.74) is -0.0917. The molecule has 0 spiro atoms. The fourth-order valence-corrected chi connectivity index (χ4v) is 1.96. The lowest BCUT2D eigenvalue weighted by Crippen LogP contribution is -2.34. The molecule has 0 bridgehead atoms. The number of nitrogens with zero attached hydrogens (tertiary/aromatic N) is 3. The van der Waals surface area contributed by atoms with Gasteiger partial charge in [-0.2, -0.15) is 4.68 Å². The topological polar surface area (TPSA) is 51.9 Å². The van der Waals surface area contributed by atoms with Crippen molar-refractivity contribution in [3.8, 4) is 5.69 Å². The van der Waals surface area contributed by atoms with E-state index in [-0.39, 0.29) is 11.4 Å². The lowest BCUT2D eigenvalue weighted by atomic mass is 10.3. The van der Waals surface area contributed by atoms with Gasteiger partial charge in [0, 0.05) is 13.1 Å². The first kappa shape index (κ1) is 10.2. The Morgan fingerprint density at radius 1 is 1.35 bits per heavy atom. The molecule has 1 aromatic carbocycles. The van der Waals surface area contributed by atoms with Crippen molar-refractivity contribution in [3.05, 3.63) is 46.4 Å². The molecule has 0 saturated heterocycles. The van der Waals surface area contributed by atoms with Gasteiger partial charge in [0.1, 0.15) is 17.3 Å². The van der Waals surface area contributed by atoms with E-state index in [0.717, 1.165) is 11.2 Å². The summed E-state index contributed by atoms with van der Waals surface area (Å²) in [7, 11) is 0. The van der Waals surface area contributed by atoms with Gasteiger partial charge >= 0.3 is 5.69 Å². The molecule has 0 atom stereocenters. The van der Waals surface area contributed by atoms with Gasteiger partial charge in [-0.1, -0.05) is 12.1 Å². The zero-order chi connectivity index (χ0) is 11.8. The molecule has 5 nitrogen and oxygen atoms in total. The first-order valence-electron chi connectivity index (χ1n) is 5.42. The SMILES string of the molecule is O=c1n(-c2ccccc2F)nc2n1CCNC2. The Balaban J connectivity index is 2.20. The smallest absolute Gasteiger partial charge is 0.308 e. The van der Waals surface area contributed by atoms with Crippen molar-refractivity contribution in [1.82, 2.24) is 19.7 Å². The number of halogens is 1. The summed E-state index contributed by atoms with van der Waals surface area (Å²) in [6.07, 6.45) is 0. The number of aromatic nitrogens is 3. The predicted octanol–water partition coefficient (Wildman–Crippen LogP) is 0.276. The highest BCUT2D eigenvalue weighted by Gasteiger charge is 2.18. The maximum atomic E-state index is 13.6. The molecular formula is C11H11FN4O. The van der Waals surface area contributed by atoms with Crippen molar-refractivity contribution in [2.45, 2.75) is 13.1 Å². The van der Waals surface area contributed by atoms with Gasteiger partial charge in [-0.3, -0.25) is 4.57 Å². The summed E-state index contributed by atoms with van der Waals surface area (Å²) in [5.74, 6) is 0.197. The number of para-hydroxylation sites is 1. The normalized spacial score (nSPS) is 14.6. The minimum absolute atomic E-state index is 0.194. The molecule has 17 heavy (non-hydrogen) atoms. The van der Waals surface area contributed by atoms with Crippen LogP contribution in [0.15, 0.2) is 29.1 Å². The molecule has 3 rings (SSSR count). The third kappa shape index (κ3) is 1.57. The minimum atomic E-state index is -0.446. The zero-order valence-corrected chi connectivity index (χ0v) is 9.06.